The smallest absolute Gasteiger partial charge is 0.0598 e. The topological polar surface area (TPSA) is 15.3 Å². The van der Waals surface area contributed by atoms with Gasteiger partial charge in [0.1, 0.15) is 0 Å². The second-order valence-corrected chi connectivity index (χ2v) is 5.50. The van der Waals surface area contributed by atoms with Gasteiger partial charge >= 0.3 is 0 Å². The van der Waals surface area contributed by atoms with Crippen molar-refractivity contribution in [2.75, 3.05) is 19.6 Å². The average Bonchev–Trinajstić information content (AvgIpc) is 2.42. The van der Waals surface area contributed by atoms with Gasteiger partial charge in [-0.1, -0.05) is 30.2 Å². The SMILES string of the molecule is C#CCN1CCC(NC(C)c2ccccc2C)CC1. The van der Waals surface area contributed by atoms with E-state index in [-0.39, 0.29) is 0 Å². The van der Waals surface area contributed by atoms with E-state index in [0.29, 0.717) is 12.1 Å². The molecule has 0 aromatic heterocycles. The summed E-state index contributed by atoms with van der Waals surface area (Å²) in [6.45, 7) is 7.46. The van der Waals surface area contributed by atoms with Crippen LogP contribution >= 0.6 is 0 Å². The van der Waals surface area contributed by atoms with E-state index in [1.54, 1.807) is 0 Å². The first kappa shape index (κ1) is 14.1. The molecule has 1 saturated heterocycles. The third-order valence-corrected chi connectivity index (χ3v) is 4.04. The van der Waals surface area contributed by atoms with Crippen molar-refractivity contribution in [3.8, 4) is 12.3 Å². The third-order valence-electron chi connectivity index (χ3n) is 4.04. The molecular formula is C17H24N2. The summed E-state index contributed by atoms with van der Waals surface area (Å²) in [7, 11) is 0. The van der Waals surface area contributed by atoms with Crippen LogP contribution in [0.2, 0.25) is 0 Å². The van der Waals surface area contributed by atoms with Crippen LogP contribution in [0.4, 0.5) is 0 Å². The number of benzene rings is 1. The van der Waals surface area contributed by atoms with E-state index < -0.39 is 0 Å². The number of nitrogens with one attached hydrogen (secondary N) is 1. The average molecular weight is 256 g/mol. The Morgan fingerprint density at radius 2 is 2.05 bits per heavy atom. The van der Waals surface area contributed by atoms with Gasteiger partial charge in [-0.15, -0.1) is 6.42 Å². The molecule has 0 amide bonds. The van der Waals surface area contributed by atoms with Crippen molar-refractivity contribution in [3.63, 3.8) is 0 Å². The van der Waals surface area contributed by atoms with Gasteiger partial charge in [-0.3, -0.25) is 4.90 Å². The number of aryl methyl sites for hydroxylation is 1. The Balaban J connectivity index is 1.86. The van der Waals surface area contributed by atoms with Crippen molar-refractivity contribution in [2.24, 2.45) is 0 Å². The minimum absolute atomic E-state index is 0.422. The molecule has 1 aromatic rings. The molecule has 2 heteroatoms. The van der Waals surface area contributed by atoms with E-state index in [0.717, 1.165) is 19.6 Å². The van der Waals surface area contributed by atoms with E-state index in [1.807, 2.05) is 0 Å². The lowest BCUT2D eigenvalue weighted by Gasteiger charge is -2.33. The quantitative estimate of drug-likeness (QED) is 0.833. The normalized spacial score (nSPS) is 19.0. The molecule has 1 aliphatic heterocycles. The number of terminal acetylenes is 1. The van der Waals surface area contributed by atoms with Gasteiger partial charge in [0, 0.05) is 25.2 Å². The maximum Gasteiger partial charge on any atom is 0.0598 e. The molecule has 1 fully saturated rings. The molecule has 1 atom stereocenters. The molecule has 19 heavy (non-hydrogen) atoms. The lowest BCUT2D eigenvalue weighted by atomic mass is 9.99. The van der Waals surface area contributed by atoms with Crippen molar-refractivity contribution in [1.82, 2.24) is 10.2 Å². The molecule has 1 aliphatic rings. The highest BCUT2D eigenvalue weighted by Crippen LogP contribution is 2.20. The molecule has 1 N–H and O–H groups in total. The van der Waals surface area contributed by atoms with Gasteiger partial charge in [0.05, 0.1) is 6.54 Å². The van der Waals surface area contributed by atoms with Crippen molar-refractivity contribution >= 4 is 0 Å². The number of piperidine rings is 1. The fourth-order valence-corrected chi connectivity index (χ4v) is 2.90. The molecule has 1 aromatic carbocycles. The number of hydrogen-bond acceptors (Lipinski definition) is 2. The molecule has 1 unspecified atom stereocenters. The first-order valence-electron chi connectivity index (χ1n) is 7.18. The summed E-state index contributed by atoms with van der Waals surface area (Å²) < 4.78 is 0. The molecule has 102 valence electrons. The Kier molecular flexibility index (Phi) is 5.01. The summed E-state index contributed by atoms with van der Waals surface area (Å²) in [4.78, 5) is 2.36. The summed E-state index contributed by atoms with van der Waals surface area (Å²) >= 11 is 0. The fraction of sp³-hybridized carbons (Fsp3) is 0.529. The molecule has 0 radical (unpaired) electrons. The van der Waals surface area contributed by atoms with Gasteiger partial charge in [-0.25, -0.2) is 0 Å². The minimum atomic E-state index is 0.422. The molecule has 2 nitrogen and oxygen atoms in total. The number of rotatable bonds is 4. The van der Waals surface area contributed by atoms with Crippen LogP contribution in [0.1, 0.15) is 36.9 Å². The zero-order valence-electron chi connectivity index (χ0n) is 12.0. The van der Waals surface area contributed by atoms with Crippen molar-refractivity contribution < 1.29 is 0 Å². The van der Waals surface area contributed by atoms with Crippen LogP contribution in [0, 0.1) is 19.3 Å². The molecule has 0 aliphatic carbocycles. The largest absolute Gasteiger partial charge is 0.307 e. The molecule has 0 saturated carbocycles. The van der Waals surface area contributed by atoms with E-state index in [2.05, 4.69) is 54.3 Å². The second-order valence-electron chi connectivity index (χ2n) is 5.50. The predicted molar refractivity (Wildman–Crippen MR) is 81.0 cm³/mol. The number of likely N-dealkylation sites (tertiary alicyclic amines) is 1. The lowest BCUT2D eigenvalue weighted by Crippen LogP contribution is -2.43. The minimum Gasteiger partial charge on any atom is -0.307 e. The van der Waals surface area contributed by atoms with Gasteiger partial charge in [0.15, 0.2) is 0 Å². The van der Waals surface area contributed by atoms with Crippen molar-refractivity contribution in [3.05, 3.63) is 35.4 Å². The van der Waals surface area contributed by atoms with E-state index in [4.69, 9.17) is 6.42 Å². The highest BCUT2D eigenvalue weighted by Gasteiger charge is 2.20. The van der Waals surface area contributed by atoms with Crippen LogP contribution in [0.3, 0.4) is 0 Å². The van der Waals surface area contributed by atoms with Crippen LogP contribution in [-0.2, 0) is 0 Å². The Labute approximate surface area is 117 Å². The summed E-state index contributed by atoms with van der Waals surface area (Å²) in [6, 6.07) is 9.66. The highest BCUT2D eigenvalue weighted by molar-refractivity contribution is 5.28. The number of nitrogens with zero attached hydrogens (tertiary/aromatic N) is 1. The first-order chi connectivity index (χ1) is 9.20. The van der Waals surface area contributed by atoms with E-state index in [9.17, 15) is 0 Å². The Morgan fingerprint density at radius 1 is 1.37 bits per heavy atom. The number of hydrogen-bond donors (Lipinski definition) is 1. The summed E-state index contributed by atoms with van der Waals surface area (Å²) in [5.41, 5.74) is 2.78. The lowest BCUT2D eigenvalue weighted by molar-refractivity contribution is 0.211. The maximum absolute atomic E-state index is 5.36. The predicted octanol–water partition coefficient (Wildman–Crippen LogP) is 2.74. The molecule has 0 bridgehead atoms. The third kappa shape index (κ3) is 3.83. The second kappa shape index (κ2) is 6.75. The van der Waals surface area contributed by atoms with E-state index in [1.165, 1.54) is 24.0 Å². The van der Waals surface area contributed by atoms with Crippen LogP contribution in [0.5, 0.6) is 0 Å². The zero-order valence-corrected chi connectivity index (χ0v) is 12.0. The fourth-order valence-electron chi connectivity index (χ4n) is 2.90. The van der Waals surface area contributed by atoms with Crippen LogP contribution < -0.4 is 5.32 Å². The Hall–Kier alpha value is -1.30. The van der Waals surface area contributed by atoms with Gasteiger partial charge in [-0.05, 0) is 37.8 Å². The van der Waals surface area contributed by atoms with Gasteiger partial charge in [-0.2, -0.15) is 0 Å². The summed E-state index contributed by atoms with van der Waals surface area (Å²) in [5, 5.41) is 3.76. The monoisotopic (exact) mass is 256 g/mol. The van der Waals surface area contributed by atoms with Crippen molar-refractivity contribution in [2.45, 2.75) is 38.8 Å². The first-order valence-corrected chi connectivity index (χ1v) is 7.18. The van der Waals surface area contributed by atoms with Crippen LogP contribution in [0.25, 0.3) is 0 Å². The van der Waals surface area contributed by atoms with E-state index >= 15 is 0 Å². The standard InChI is InChI=1S/C17H24N2/c1-4-11-19-12-9-16(10-13-19)18-15(3)17-8-6-5-7-14(17)2/h1,5-8,15-16,18H,9-13H2,2-3H3. The van der Waals surface area contributed by atoms with Crippen LogP contribution in [-0.4, -0.2) is 30.6 Å². The van der Waals surface area contributed by atoms with Gasteiger partial charge in [0.25, 0.3) is 0 Å². The molecule has 0 spiro atoms. The highest BCUT2D eigenvalue weighted by atomic mass is 15.1. The molecule has 1 heterocycles. The van der Waals surface area contributed by atoms with Gasteiger partial charge < -0.3 is 5.32 Å². The van der Waals surface area contributed by atoms with Crippen molar-refractivity contribution in [1.29, 1.82) is 0 Å². The Morgan fingerprint density at radius 3 is 2.68 bits per heavy atom. The van der Waals surface area contributed by atoms with Gasteiger partial charge in [0.2, 0.25) is 0 Å². The Bertz CT molecular complexity index is 439. The summed E-state index contributed by atoms with van der Waals surface area (Å²) in [6.07, 6.45) is 7.74. The molecule has 2 rings (SSSR count). The zero-order chi connectivity index (χ0) is 13.7. The summed E-state index contributed by atoms with van der Waals surface area (Å²) in [5.74, 6) is 2.73. The van der Waals surface area contributed by atoms with Crippen LogP contribution in [0.15, 0.2) is 24.3 Å². The molecular weight excluding hydrogens is 232 g/mol. The maximum atomic E-state index is 5.36.